The maximum absolute atomic E-state index is 12.9. The van der Waals surface area contributed by atoms with Crippen LogP contribution in [0.4, 0.5) is 18.9 Å². The van der Waals surface area contributed by atoms with Gasteiger partial charge in [0.05, 0.1) is 30.2 Å². The number of hydrogen-bond acceptors (Lipinski definition) is 7. The number of alkyl halides is 3. The lowest BCUT2D eigenvalue weighted by Crippen LogP contribution is -2.21. The number of nitrogens with one attached hydrogen (secondary N) is 2. The van der Waals surface area contributed by atoms with Crippen molar-refractivity contribution in [2.24, 2.45) is 5.10 Å². The Labute approximate surface area is 230 Å². The van der Waals surface area contributed by atoms with Gasteiger partial charge < -0.3 is 20.3 Å². The molecular formula is C26H23ClF3N3O5S. The van der Waals surface area contributed by atoms with E-state index in [1.807, 2.05) is 6.07 Å². The highest BCUT2D eigenvalue weighted by Gasteiger charge is 2.30. The Morgan fingerprint density at radius 3 is 2.51 bits per heavy atom. The van der Waals surface area contributed by atoms with Crippen LogP contribution in [0.5, 0.6) is 5.75 Å². The van der Waals surface area contributed by atoms with Gasteiger partial charge in [-0.05, 0) is 65.7 Å². The van der Waals surface area contributed by atoms with Crippen LogP contribution in [0.25, 0.3) is 0 Å². The minimum Gasteiger partial charge on any atom is -0.406 e. The first-order valence-electron chi connectivity index (χ1n) is 11.3. The molecule has 0 saturated carbocycles. The molecule has 39 heavy (non-hydrogen) atoms. The van der Waals surface area contributed by atoms with E-state index in [0.29, 0.717) is 22.6 Å². The fourth-order valence-electron chi connectivity index (χ4n) is 3.16. The van der Waals surface area contributed by atoms with E-state index in [9.17, 15) is 27.9 Å². The van der Waals surface area contributed by atoms with Crippen LogP contribution in [0.2, 0.25) is 5.02 Å². The van der Waals surface area contributed by atoms with Crippen LogP contribution < -0.4 is 15.5 Å². The molecule has 0 saturated heterocycles. The number of anilines is 1. The van der Waals surface area contributed by atoms with Gasteiger partial charge in [0.25, 0.3) is 11.8 Å². The van der Waals surface area contributed by atoms with Crippen molar-refractivity contribution in [1.82, 2.24) is 5.43 Å². The van der Waals surface area contributed by atoms with Crippen LogP contribution in [0, 0.1) is 0 Å². The molecule has 0 fully saturated rings. The second-order valence-corrected chi connectivity index (χ2v) is 9.48. The number of hydrogen-bond donors (Lipinski definition) is 4. The molecule has 1 atom stereocenters. The van der Waals surface area contributed by atoms with Crippen LogP contribution in [-0.4, -0.2) is 53.1 Å². The van der Waals surface area contributed by atoms with E-state index in [-0.39, 0.29) is 22.9 Å². The number of aliphatic hydroxyl groups excluding tert-OH is 2. The number of halogens is 4. The van der Waals surface area contributed by atoms with E-state index in [1.54, 1.807) is 18.2 Å². The summed E-state index contributed by atoms with van der Waals surface area (Å²) in [5.41, 5.74) is 4.08. The van der Waals surface area contributed by atoms with Gasteiger partial charge in [-0.3, -0.25) is 9.59 Å². The standard InChI is InChI=1S/C26H23ClF3N3O5S/c27-19-6-9-23(32-24(36)18-3-1-2-17(10-18)14-39-15-20(35)13-34)22(11-19)25(37)33-31-12-16-4-7-21(8-5-16)38-26(28,29)30/h1-12,20,34-35H,13-15H2,(H,32,36)(H,33,37)/b31-12+. The molecule has 0 aromatic heterocycles. The number of carbonyl (C=O) groups is 2. The fourth-order valence-corrected chi connectivity index (χ4v) is 4.24. The SMILES string of the molecule is O=C(Nc1ccc(Cl)cc1C(=O)N/N=C/c1ccc(OC(F)(F)F)cc1)c1cccc(CSCC(O)CO)c1. The number of hydrazone groups is 1. The number of amides is 2. The molecule has 3 aromatic rings. The quantitative estimate of drug-likeness (QED) is 0.190. The van der Waals surface area contributed by atoms with Gasteiger partial charge in [0.2, 0.25) is 0 Å². The Bertz CT molecular complexity index is 1320. The van der Waals surface area contributed by atoms with Gasteiger partial charge in [-0.15, -0.1) is 13.2 Å². The Hall–Kier alpha value is -3.58. The Morgan fingerprint density at radius 2 is 1.82 bits per heavy atom. The molecule has 0 aliphatic rings. The van der Waals surface area contributed by atoms with E-state index < -0.39 is 30.0 Å². The van der Waals surface area contributed by atoms with E-state index in [1.165, 1.54) is 48.3 Å². The molecule has 0 heterocycles. The molecule has 0 spiro atoms. The normalized spacial score (nSPS) is 12.3. The molecule has 0 aliphatic heterocycles. The molecule has 3 rings (SSSR count). The molecule has 0 aliphatic carbocycles. The van der Waals surface area contributed by atoms with Crippen LogP contribution >= 0.6 is 23.4 Å². The van der Waals surface area contributed by atoms with E-state index in [4.69, 9.17) is 16.7 Å². The molecular weight excluding hydrogens is 559 g/mol. The number of nitrogens with zero attached hydrogens (tertiary/aromatic N) is 1. The van der Waals surface area contributed by atoms with Gasteiger partial charge in [-0.1, -0.05) is 23.7 Å². The summed E-state index contributed by atoms with van der Waals surface area (Å²) in [6.07, 6.45) is -4.40. The third kappa shape index (κ3) is 9.91. The summed E-state index contributed by atoms with van der Waals surface area (Å²) < 4.78 is 40.6. The second-order valence-electron chi connectivity index (χ2n) is 8.01. The van der Waals surface area contributed by atoms with Gasteiger partial charge in [0.15, 0.2) is 0 Å². The van der Waals surface area contributed by atoms with Crippen LogP contribution in [0.1, 0.15) is 31.8 Å². The fraction of sp³-hybridized carbons (Fsp3) is 0.192. The van der Waals surface area contributed by atoms with Gasteiger partial charge >= 0.3 is 6.36 Å². The van der Waals surface area contributed by atoms with Crippen molar-refractivity contribution in [3.63, 3.8) is 0 Å². The Kier molecular flexibility index (Phi) is 10.8. The number of aliphatic hydroxyl groups is 2. The van der Waals surface area contributed by atoms with Crippen LogP contribution in [0.15, 0.2) is 71.8 Å². The van der Waals surface area contributed by atoms with Crippen molar-refractivity contribution in [2.45, 2.75) is 18.2 Å². The van der Waals surface area contributed by atoms with Crippen molar-refractivity contribution in [2.75, 3.05) is 17.7 Å². The molecule has 206 valence electrons. The monoisotopic (exact) mass is 581 g/mol. The van der Waals surface area contributed by atoms with Gasteiger partial charge in [0.1, 0.15) is 5.75 Å². The molecule has 1 unspecified atom stereocenters. The lowest BCUT2D eigenvalue weighted by atomic mass is 10.1. The minimum atomic E-state index is -4.80. The van der Waals surface area contributed by atoms with Gasteiger partial charge in [-0.25, -0.2) is 5.43 Å². The van der Waals surface area contributed by atoms with Gasteiger partial charge in [0, 0.05) is 22.1 Å². The van der Waals surface area contributed by atoms with Crippen molar-refractivity contribution < 1.29 is 37.7 Å². The van der Waals surface area contributed by atoms with E-state index >= 15 is 0 Å². The number of benzene rings is 3. The minimum absolute atomic E-state index is 0.0339. The maximum Gasteiger partial charge on any atom is 0.573 e. The van der Waals surface area contributed by atoms with Crippen molar-refractivity contribution in [1.29, 1.82) is 0 Å². The van der Waals surface area contributed by atoms with Crippen LogP contribution in [-0.2, 0) is 5.75 Å². The molecule has 13 heteroatoms. The summed E-state index contributed by atoms with van der Waals surface area (Å²) in [7, 11) is 0. The summed E-state index contributed by atoms with van der Waals surface area (Å²) in [5.74, 6) is -0.695. The summed E-state index contributed by atoms with van der Waals surface area (Å²) in [6, 6.07) is 16.0. The molecule has 0 bridgehead atoms. The molecule has 0 radical (unpaired) electrons. The highest BCUT2D eigenvalue weighted by molar-refractivity contribution is 7.98. The number of ether oxygens (including phenoxy) is 1. The first-order chi connectivity index (χ1) is 18.5. The smallest absolute Gasteiger partial charge is 0.406 e. The van der Waals surface area contributed by atoms with Crippen molar-refractivity contribution in [3.8, 4) is 5.75 Å². The second kappa shape index (κ2) is 14.0. The first kappa shape index (κ1) is 30.0. The average Bonchev–Trinajstić information content (AvgIpc) is 2.89. The summed E-state index contributed by atoms with van der Waals surface area (Å²) in [6.45, 7) is -0.328. The summed E-state index contributed by atoms with van der Waals surface area (Å²) >= 11 is 7.45. The van der Waals surface area contributed by atoms with E-state index in [2.05, 4.69) is 20.6 Å². The zero-order valence-electron chi connectivity index (χ0n) is 20.1. The molecule has 2 amide bonds. The molecule has 4 N–H and O–H groups in total. The van der Waals surface area contributed by atoms with Gasteiger partial charge in [-0.2, -0.15) is 16.9 Å². The maximum atomic E-state index is 12.9. The summed E-state index contributed by atoms with van der Waals surface area (Å²) in [5, 5.41) is 25.1. The molecule has 3 aromatic carbocycles. The predicted octanol–water partition coefficient (Wildman–Crippen LogP) is 4.84. The molecule has 8 nitrogen and oxygen atoms in total. The topological polar surface area (TPSA) is 120 Å². The number of carbonyl (C=O) groups excluding carboxylic acids is 2. The van der Waals surface area contributed by atoms with Crippen LogP contribution in [0.3, 0.4) is 0 Å². The first-order valence-corrected chi connectivity index (χ1v) is 12.8. The Balaban J connectivity index is 1.65. The highest BCUT2D eigenvalue weighted by Crippen LogP contribution is 2.24. The van der Waals surface area contributed by atoms with E-state index in [0.717, 1.165) is 17.7 Å². The lowest BCUT2D eigenvalue weighted by Gasteiger charge is -2.12. The number of rotatable bonds is 11. The summed E-state index contributed by atoms with van der Waals surface area (Å²) in [4.78, 5) is 25.7. The average molecular weight is 582 g/mol. The zero-order valence-corrected chi connectivity index (χ0v) is 21.7. The predicted molar refractivity (Wildman–Crippen MR) is 143 cm³/mol. The van der Waals surface area contributed by atoms with Crippen molar-refractivity contribution >= 4 is 47.1 Å². The Morgan fingerprint density at radius 1 is 1.08 bits per heavy atom. The highest BCUT2D eigenvalue weighted by atomic mass is 35.5. The zero-order chi connectivity index (χ0) is 28.4. The third-order valence-corrected chi connectivity index (χ3v) is 6.34. The number of thioether (sulfide) groups is 1. The lowest BCUT2D eigenvalue weighted by molar-refractivity contribution is -0.274. The third-order valence-electron chi connectivity index (χ3n) is 4.95. The van der Waals surface area contributed by atoms with Crippen molar-refractivity contribution in [3.05, 3.63) is 94.0 Å². The largest absolute Gasteiger partial charge is 0.573 e.